The molecular weight excluding hydrogens is 178 g/mol. The molecule has 0 saturated heterocycles. The smallest absolute Gasteiger partial charge is 0.233 e. The second-order valence-corrected chi connectivity index (χ2v) is 4.31. The van der Waals surface area contributed by atoms with E-state index < -0.39 is 0 Å². The third kappa shape index (κ3) is 1.62. The first-order chi connectivity index (χ1) is 6.51. The molecule has 0 radical (unpaired) electrons. The van der Waals surface area contributed by atoms with Crippen LogP contribution in [0.25, 0.3) is 0 Å². The van der Waals surface area contributed by atoms with Crippen molar-refractivity contribution >= 4 is 0 Å². The summed E-state index contributed by atoms with van der Waals surface area (Å²) >= 11 is 0. The molecule has 0 atom stereocenters. The Morgan fingerprint density at radius 1 is 1.57 bits per heavy atom. The molecule has 0 aromatic carbocycles. The summed E-state index contributed by atoms with van der Waals surface area (Å²) < 4.78 is 7.34. The van der Waals surface area contributed by atoms with E-state index in [0.717, 1.165) is 18.5 Å². The van der Waals surface area contributed by atoms with Gasteiger partial charge in [-0.2, -0.15) is 0 Å². The Balaban J connectivity index is 2.21. The van der Waals surface area contributed by atoms with E-state index in [-0.39, 0.29) is 11.6 Å². The topological polar surface area (TPSA) is 53.1 Å². The number of rotatable bonds is 3. The summed E-state index contributed by atoms with van der Waals surface area (Å²) in [4.78, 5) is 0. The lowest BCUT2D eigenvalue weighted by Gasteiger charge is -2.06. The molecule has 2 rings (SSSR count). The normalized spacial score (nSPS) is 18.6. The molecule has 1 aliphatic rings. The van der Waals surface area contributed by atoms with E-state index >= 15 is 0 Å². The van der Waals surface area contributed by atoms with Gasteiger partial charge in [0.15, 0.2) is 0 Å². The lowest BCUT2D eigenvalue weighted by Crippen LogP contribution is -2.22. The van der Waals surface area contributed by atoms with Crippen molar-refractivity contribution in [1.29, 1.82) is 0 Å². The van der Waals surface area contributed by atoms with E-state index in [1.807, 2.05) is 31.6 Å². The highest BCUT2D eigenvalue weighted by Crippen LogP contribution is 2.43. The minimum Gasteiger partial charge on any atom is -0.474 e. The van der Waals surface area contributed by atoms with Crippen LogP contribution in [0.4, 0.5) is 0 Å². The molecule has 1 fully saturated rings. The molecule has 1 aliphatic carbocycles. The van der Waals surface area contributed by atoms with E-state index in [1.165, 1.54) is 0 Å². The second-order valence-electron chi connectivity index (χ2n) is 4.31. The van der Waals surface area contributed by atoms with Gasteiger partial charge in [-0.05, 0) is 26.7 Å². The molecule has 1 heterocycles. The number of hydrogen-bond donors (Lipinski definition) is 1. The van der Waals surface area contributed by atoms with Crippen molar-refractivity contribution in [2.45, 2.75) is 38.3 Å². The van der Waals surface area contributed by atoms with Gasteiger partial charge in [-0.25, -0.2) is 0 Å². The summed E-state index contributed by atoms with van der Waals surface area (Å²) in [7, 11) is 1.91. The second kappa shape index (κ2) is 2.98. The standard InChI is InChI=1S/C10H17N3O/c1-7(2)14-9-6-8(13(3)12-9)10(11)4-5-10/h6-7H,4-5,11H2,1-3H3. The predicted octanol–water partition coefficient (Wildman–Crippen LogP) is 1.16. The van der Waals surface area contributed by atoms with Gasteiger partial charge in [-0.3, -0.25) is 4.68 Å². The van der Waals surface area contributed by atoms with Crippen LogP contribution in [0.3, 0.4) is 0 Å². The van der Waals surface area contributed by atoms with Gasteiger partial charge < -0.3 is 10.5 Å². The van der Waals surface area contributed by atoms with Gasteiger partial charge in [0.1, 0.15) is 0 Å². The first-order valence-electron chi connectivity index (χ1n) is 5.01. The predicted molar refractivity (Wildman–Crippen MR) is 54.1 cm³/mol. The molecule has 0 spiro atoms. The van der Waals surface area contributed by atoms with Crippen molar-refractivity contribution < 1.29 is 4.74 Å². The van der Waals surface area contributed by atoms with Gasteiger partial charge in [0.05, 0.1) is 17.3 Å². The Morgan fingerprint density at radius 3 is 2.71 bits per heavy atom. The van der Waals surface area contributed by atoms with E-state index in [9.17, 15) is 0 Å². The van der Waals surface area contributed by atoms with Crippen molar-refractivity contribution in [2.24, 2.45) is 12.8 Å². The molecular formula is C10H17N3O. The number of aryl methyl sites for hydroxylation is 1. The summed E-state index contributed by atoms with van der Waals surface area (Å²) in [6.07, 6.45) is 2.26. The Kier molecular flexibility index (Phi) is 2.03. The first kappa shape index (κ1) is 9.52. The monoisotopic (exact) mass is 195 g/mol. The summed E-state index contributed by atoms with van der Waals surface area (Å²) in [5.74, 6) is 0.675. The third-order valence-corrected chi connectivity index (χ3v) is 2.51. The highest BCUT2D eigenvalue weighted by molar-refractivity contribution is 5.27. The van der Waals surface area contributed by atoms with Crippen LogP contribution in [-0.2, 0) is 12.6 Å². The summed E-state index contributed by atoms with van der Waals surface area (Å²) in [5, 5.41) is 4.27. The summed E-state index contributed by atoms with van der Waals surface area (Å²) in [5.41, 5.74) is 7.03. The fourth-order valence-electron chi connectivity index (χ4n) is 1.60. The lowest BCUT2D eigenvalue weighted by atomic mass is 10.2. The number of aromatic nitrogens is 2. The summed E-state index contributed by atoms with van der Waals surface area (Å²) in [6, 6.07) is 1.95. The van der Waals surface area contributed by atoms with Gasteiger partial charge >= 0.3 is 0 Å². The number of hydrogen-bond acceptors (Lipinski definition) is 3. The maximum absolute atomic E-state index is 6.10. The van der Waals surface area contributed by atoms with Crippen LogP contribution >= 0.6 is 0 Å². The Hall–Kier alpha value is -1.03. The molecule has 0 aliphatic heterocycles. The fraction of sp³-hybridized carbons (Fsp3) is 0.700. The van der Waals surface area contributed by atoms with Gasteiger partial charge in [0.2, 0.25) is 5.88 Å². The molecule has 2 N–H and O–H groups in total. The van der Waals surface area contributed by atoms with Crippen molar-refractivity contribution in [3.05, 3.63) is 11.8 Å². The quantitative estimate of drug-likeness (QED) is 0.787. The number of nitrogens with two attached hydrogens (primary N) is 1. The highest BCUT2D eigenvalue weighted by Gasteiger charge is 2.43. The summed E-state index contributed by atoms with van der Waals surface area (Å²) in [6.45, 7) is 3.98. The van der Waals surface area contributed by atoms with Crippen LogP contribution in [0.15, 0.2) is 6.07 Å². The van der Waals surface area contributed by atoms with E-state index in [0.29, 0.717) is 5.88 Å². The van der Waals surface area contributed by atoms with Crippen LogP contribution in [0, 0.1) is 0 Å². The molecule has 0 amide bonds. The van der Waals surface area contributed by atoms with E-state index in [4.69, 9.17) is 10.5 Å². The van der Waals surface area contributed by atoms with Crippen molar-refractivity contribution in [3.8, 4) is 5.88 Å². The molecule has 4 nitrogen and oxygen atoms in total. The third-order valence-electron chi connectivity index (χ3n) is 2.51. The highest BCUT2D eigenvalue weighted by atomic mass is 16.5. The molecule has 1 aromatic rings. The minimum absolute atomic E-state index is 0.139. The number of ether oxygens (including phenoxy) is 1. The van der Waals surface area contributed by atoms with Crippen LogP contribution in [0.1, 0.15) is 32.4 Å². The average Bonchev–Trinajstić information content (AvgIpc) is 2.68. The Morgan fingerprint density at radius 2 is 2.21 bits per heavy atom. The lowest BCUT2D eigenvalue weighted by molar-refractivity contribution is 0.230. The minimum atomic E-state index is -0.139. The van der Waals surface area contributed by atoms with Gasteiger partial charge in [-0.1, -0.05) is 0 Å². The molecule has 1 aromatic heterocycles. The van der Waals surface area contributed by atoms with Crippen molar-refractivity contribution in [1.82, 2.24) is 9.78 Å². The Labute approximate surface area is 84.0 Å². The van der Waals surface area contributed by atoms with Gasteiger partial charge in [-0.15, -0.1) is 5.10 Å². The maximum atomic E-state index is 6.10. The molecule has 0 unspecified atom stereocenters. The molecule has 1 saturated carbocycles. The fourth-order valence-corrected chi connectivity index (χ4v) is 1.60. The van der Waals surface area contributed by atoms with E-state index in [2.05, 4.69) is 5.10 Å². The first-order valence-corrected chi connectivity index (χ1v) is 5.01. The van der Waals surface area contributed by atoms with Crippen LogP contribution in [0.2, 0.25) is 0 Å². The van der Waals surface area contributed by atoms with Crippen LogP contribution < -0.4 is 10.5 Å². The molecule has 4 heteroatoms. The number of nitrogens with zero attached hydrogens (tertiary/aromatic N) is 2. The van der Waals surface area contributed by atoms with Gasteiger partial charge in [0, 0.05) is 13.1 Å². The zero-order valence-electron chi connectivity index (χ0n) is 8.95. The SMILES string of the molecule is CC(C)Oc1cc(C2(N)CC2)n(C)n1. The largest absolute Gasteiger partial charge is 0.474 e. The molecule has 78 valence electrons. The molecule has 0 bridgehead atoms. The van der Waals surface area contributed by atoms with E-state index in [1.54, 1.807) is 0 Å². The Bertz CT molecular complexity index is 339. The molecule has 14 heavy (non-hydrogen) atoms. The van der Waals surface area contributed by atoms with Crippen LogP contribution in [0.5, 0.6) is 5.88 Å². The zero-order valence-corrected chi connectivity index (χ0v) is 8.95. The van der Waals surface area contributed by atoms with Gasteiger partial charge in [0.25, 0.3) is 0 Å². The average molecular weight is 195 g/mol. The zero-order chi connectivity index (χ0) is 10.3. The van der Waals surface area contributed by atoms with Crippen LogP contribution in [-0.4, -0.2) is 15.9 Å². The maximum Gasteiger partial charge on any atom is 0.233 e. The van der Waals surface area contributed by atoms with Crippen molar-refractivity contribution in [2.75, 3.05) is 0 Å². The van der Waals surface area contributed by atoms with Crippen molar-refractivity contribution in [3.63, 3.8) is 0 Å².